The fourth-order valence-corrected chi connectivity index (χ4v) is 21.8. The number of benzene rings is 2. The van der Waals surface area contributed by atoms with Crippen LogP contribution in [-0.2, 0) is 0 Å². The predicted octanol–water partition coefficient (Wildman–Crippen LogP) is 5.10. The SMILES string of the molecule is CC1(C)[C@@H]2CC[C@@]1(C)[C@H]([Sn]([CH3])([c]1ccccc1)[c]1ccccc1)C2. The molecular formula is C23H30Sn. The Morgan fingerprint density at radius 1 is 0.833 bits per heavy atom. The summed E-state index contributed by atoms with van der Waals surface area (Å²) in [6.45, 7) is 7.76. The van der Waals surface area contributed by atoms with Crippen molar-refractivity contribution in [2.75, 3.05) is 0 Å². The third-order valence-corrected chi connectivity index (χ3v) is 23.5. The van der Waals surface area contributed by atoms with Crippen LogP contribution in [0.3, 0.4) is 0 Å². The fourth-order valence-electron chi connectivity index (χ4n) is 6.21. The second kappa shape index (κ2) is 5.62. The van der Waals surface area contributed by atoms with Gasteiger partial charge >= 0.3 is 152 Å². The van der Waals surface area contributed by atoms with Gasteiger partial charge in [-0.3, -0.25) is 0 Å². The molecule has 0 saturated heterocycles. The molecule has 0 amide bonds. The van der Waals surface area contributed by atoms with Crippen molar-refractivity contribution in [1.82, 2.24) is 0 Å². The van der Waals surface area contributed by atoms with Gasteiger partial charge in [-0.2, -0.15) is 0 Å². The van der Waals surface area contributed by atoms with Gasteiger partial charge in [0.15, 0.2) is 0 Å². The van der Waals surface area contributed by atoms with E-state index in [2.05, 4.69) is 86.4 Å². The molecule has 2 fully saturated rings. The normalized spacial score (nSPS) is 31.3. The summed E-state index contributed by atoms with van der Waals surface area (Å²) in [5, 5.41) is 0. The maximum absolute atomic E-state index is 2.74. The molecule has 2 aliphatic carbocycles. The van der Waals surface area contributed by atoms with Crippen molar-refractivity contribution in [1.29, 1.82) is 0 Å². The Morgan fingerprint density at radius 3 is 1.71 bits per heavy atom. The van der Waals surface area contributed by atoms with Crippen LogP contribution in [0.4, 0.5) is 0 Å². The maximum atomic E-state index is 2.71. The molecule has 2 aliphatic rings. The number of hydrogen-bond acceptors (Lipinski definition) is 0. The van der Waals surface area contributed by atoms with Crippen LogP contribution in [0.1, 0.15) is 40.0 Å². The van der Waals surface area contributed by atoms with Crippen LogP contribution in [0.15, 0.2) is 60.7 Å². The molecule has 0 unspecified atom stereocenters. The summed E-state index contributed by atoms with van der Waals surface area (Å²) in [5.41, 5.74) is 1.01. The van der Waals surface area contributed by atoms with Crippen LogP contribution in [0, 0.1) is 16.7 Å². The van der Waals surface area contributed by atoms with Gasteiger partial charge in [0.05, 0.1) is 0 Å². The zero-order chi connectivity index (χ0) is 17.0. The molecule has 0 spiro atoms. The van der Waals surface area contributed by atoms with Gasteiger partial charge in [0.1, 0.15) is 0 Å². The average molecular weight is 425 g/mol. The topological polar surface area (TPSA) is 0 Å². The van der Waals surface area contributed by atoms with Gasteiger partial charge in [-0.15, -0.1) is 0 Å². The second-order valence-corrected chi connectivity index (χ2v) is 21.2. The molecule has 0 aromatic heterocycles. The zero-order valence-corrected chi connectivity index (χ0v) is 18.4. The van der Waals surface area contributed by atoms with Gasteiger partial charge in [0, 0.05) is 0 Å². The number of rotatable bonds is 3. The summed E-state index contributed by atoms with van der Waals surface area (Å²) >= 11 is -2.74. The molecule has 0 nitrogen and oxygen atoms in total. The van der Waals surface area contributed by atoms with Gasteiger partial charge in [-0.25, -0.2) is 0 Å². The van der Waals surface area contributed by atoms with Crippen LogP contribution < -0.4 is 7.16 Å². The molecule has 2 saturated carbocycles. The molecule has 1 heteroatoms. The number of fused-ring (bicyclic) bond motifs is 2. The van der Waals surface area contributed by atoms with E-state index in [-0.39, 0.29) is 0 Å². The summed E-state index contributed by atoms with van der Waals surface area (Å²) in [6, 6.07) is 23.1. The van der Waals surface area contributed by atoms with Crippen LogP contribution in [0.25, 0.3) is 0 Å². The van der Waals surface area contributed by atoms with E-state index >= 15 is 0 Å². The first kappa shape index (κ1) is 16.7. The van der Waals surface area contributed by atoms with Gasteiger partial charge in [-0.1, -0.05) is 0 Å². The van der Waals surface area contributed by atoms with E-state index in [4.69, 9.17) is 0 Å². The Bertz CT molecular complexity index is 679. The van der Waals surface area contributed by atoms with E-state index in [0.717, 1.165) is 9.85 Å². The molecule has 4 rings (SSSR count). The molecule has 2 aromatic rings. The van der Waals surface area contributed by atoms with Crippen LogP contribution in [-0.4, -0.2) is 18.4 Å². The van der Waals surface area contributed by atoms with E-state index in [0.29, 0.717) is 10.8 Å². The van der Waals surface area contributed by atoms with E-state index in [1.54, 1.807) is 7.16 Å². The summed E-state index contributed by atoms with van der Waals surface area (Å²) < 4.78 is 4.28. The van der Waals surface area contributed by atoms with Crippen molar-refractivity contribution in [2.45, 2.75) is 48.9 Å². The monoisotopic (exact) mass is 426 g/mol. The summed E-state index contributed by atoms with van der Waals surface area (Å²) in [6.07, 6.45) is 4.34. The van der Waals surface area contributed by atoms with Crippen molar-refractivity contribution in [3.8, 4) is 0 Å². The first-order valence-electron chi connectivity index (χ1n) is 9.52. The van der Waals surface area contributed by atoms with Gasteiger partial charge < -0.3 is 0 Å². The Balaban J connectivity index is 1.90. The molecule has 0 aliphatic heterocycles. The van der Waals surface area contributed by atoms with Crippen molar-refractivity contribution in [3.63, 3.8) is 0 Å². The Hall–Kier alpha value is -0.761. The molecule has 126 valence electrons. The van der Waals surface area contributed by atoms with Crippen LogP contribution >= 0.6 is 0 Å². The molecule has 24 heavy (non-hydrogen) atoms. The Morgan fingerprint density at radius 2 is 1.33 bits per heavy atom. The molecule has 0 radical (unpaired) electrons. The Labute approximate surface area is 151 Å². The van der Waals surface area contributed by atoms with Crippen molar-refractivity contribution in [3.05, 3.63) is 60.7 Å². The summed E-state index contributed by atoms with van der Waals surface area (Å²) in [5.74, 6) is 0.927. The van der Waals surface area contributed by atoms with Crippen molar-refractivity contribution in [2.24, 2.45) is 16.7 Å². The first-order valence-corrected chi connectivity index (χ1v) is 16.9. The molecule has 2 aromatic carbocycles. The standard InChI is InChI=1S/C10H17.2C6H5.CH3.Sn/c1-9(2)8-4-6-10(9,3)7-5-8;2*1-2-4-6-5-3-1;;/h6,8H,4-5,7H2,1-3H3;2*1-5H;1H3;/t8-,10+;;;;/m0..../s1. The molecule has 0 heterocycles. The number of hydrogen-bond donors (Lipinski definition) is 0. The third kappa shape index (κ3) is 2.11. The van der Waals surface area contributed by atoms with Crippen LogP contribution in [0.2, 0.25) is 8.87 Å². The zero-order valence-electron chi connectivity index (χ0n) is 15.5. The van der Waals surface area contributed by atoms with E-state index in [9.17, 15) is 0 Å². The summed E-state index contributed by atoms with van der Waals surface area (Å²) in [7, 11) is 0. The first-order chi connectivity index (χ1) is 11.4. The quantitative estimate of drug-likeness (QED) is 0.601. The van der Waals surface area contributed by atoms with E-state index < -0.39 is 18.4 Å². The average Bonchev–Trinajstić information content (AvgIpc) is 2.96. The predicted molar refractivity (Wildman–Crippen MR) is 107 cm³/mol. The van der Waals surface area contributed by atoms with Gasteiger partial charge in [-0.05, 0) is 0 Å². The third-order valence-electron chi connectivity index (χ3n) is 8.24. The summed E-state index contributed by atoms with van der Waals surface area (Å²) in [4.78, 5) is 2.71. The van der Waals surface area contributed by atoms with Gasteiger partial charge in [0.2, 0.25) is 0 Å². The van der Waals surface area contributed by atoms with E-state index in [1.165, 1.54) is 19.3 Å². The van der Waals surface area contributed by atoms with Crippen molar-refractivity contribution < 1.29 is 0 Å². The van der Waals surface area contributed by atoms with Crippen LogP contribution in [0.5, 0.6) is 0 Å². The minimum atomic E-state index is -2.74. The molecule has 2 bridgehead atoms. The van der Waals surface area contributed by atoms with Crippen molar-refractivity contribution >= 4 is 25.5 Å². The second-order valence-electron chi connectivity index (χ2n) is 9.10. The fraction of sp³-hybridized carbons (Fsp3) is 0.478. The molecule has 3 atom stereocenters. The van der Waals surface area contributed by atoms with Gasteiger partial charge in [0.25, 0.3) is 0 Å². The molecular weight excluding hydrogens is 395 g/mol. The molecule has 0 N–H and O–H groups in total. The Kier molecular flexibility index (Phi) is 3.91. The minimum absolute atomic E-state index is 0.499. The van der Waals surface area contributed by atoms with E-state index in [1.807, 2.05) is 0 Å².